The third-order valence-corrected chi connectivity index (χ3v) is 8.29. The monoisotopic (exact) mass is 407 g/mol. The molecule has 1 heterocycles. The van der Waals surface area contributed by atoms with Gasteiger partial charge in [-0.1, -0.05) is 25.3 Å². The summed E-state index contributed by atoms with van der Waals surface area (Å²) in [5, 5.41) is 3.97. The largest absolute Gasteiger partial charge is 0.497 e. The second-order valence-corrected chi connectivity index (χ2v) is 9.91. The van der Waals surface area contributed by atoms with E-state index in [-0.39, 0.29) is 23.3 Å². The molecule has 1 saturated carbocycles. The molecule has 0 aliphatic heterocycles. The topological polar surface area (TPSA) is 72.5 Å². The van der Waals surface area contributed by atoms with Crippen molar-refractivity contribution >= 4 is 27.1 Å². The van der Waals surface area contributed by atoms with Gasteiger partial charge in [-0.15, -0.1) is 11.3 Å². The fourth-order valence-electron chi connectivity index (χ4n) is 3.47. The first kappa shape index (κ1) is 19.9. The van der Waals surface area contributed by atoms with Gasteiger partial charge in [0.25, 0.3) is 0 Å². The van der Waals surface area contributed by atoms with Crippen LogP contribution >= 0.6 is 11.3 Å². The van der Waals surface area contributed by atoms with E-state index in [0.717, 1.165) is 30.6 Å². The molecule has 2 aromatic rings. The van der Waals surface area contributed by atoms with Gasteiger partial charge >= 0.3 is 0 Å². The summed E-state index contributed by atoms with van der Waals surface area (Å²) in [4.78, 5) is 13.5. The molecule has 1 amide bonds. The van der Waals surface area contributed by atoms with E-state index < -0.39 is 15.1 Å². The lowest BCUT2D eigenvalue weighted by atomic mass is 9.89. The number of hydrogen-bond acceptors (Lipinski definition) is 5. The van der Waals surface area contributed by atoms with Crippen LogP contribution in [0.1, 0.15) is 42.2 Å². The number of carbonyl (C=O) groups excluding carboxylic acids is 1. The van der Waals surface area contributed by atoms with E-state index in [4.69, 9.17) is 4.74 Å². The average molecular weight is 408 g/mol. The molecule has 0 radical (unpaired) electrons. The molecule has 5 nitrogen and oxygen atoms in total. The predicted octanol–water partition coefficient (Wildman–Crippen LogP) is 3.97. The van der Waals surface area contributed by atoms with Gasteiger partial charge in [-0.2, -0.15) is 0 Å². The van der Waals surface area contributed by atoms with Gasteiger partial charge in [-0.25, -0.2) is 8.42 Å². The van der Waals surface area contributed by atoms with Gasteiger partial charge in [0.2, 0.25) is 5.91 Å². The zero-order valence-corrected chi connectivity index (χ0v) is 17.0. The predicted molar refractivity (Wildman–Crippen MR) is 107 cm³/mol. The van der Waals surface area contributed by atoms with E-state index in [2.05, 4.69) is 5.32 Å². The van der Waals surface area contributed by atoms with Crippen LogP contribution in [0.4, 0.5) is 0 Å². The van der Waals surface area contributed by atoms with Crippen molar-refractivity contribution in [2.45, 2.75) is 42.2 Å². The van der Waals surface area contributed by atoms with Crippen molar-refractivity contribution in [1.29, 1.82) is 0 Å². The first-order valence-electron chi connectivity index (χ1n) is 9.21. The molecule has 1 aromatic heterocycles. The summed E-state index contributed by atoms with van der Waals surface area (Å²) in [6, 6.07) is 10.0. The lowest BCUT2D eigenvalue weighted by Crippen LogP contribution is -2.36. The third-order valence-electron chi connectivity index (χ3n) is 5.06. The number of methoxy groups -OCH3 is 1. The molecule has 1 aliphatic rings. The molecule has 0 spiro atoms. The van der Waals surface area contributed by atoms with Crippen LogP contribution < -0.4 is 10.1 Å². The summed E-state index contributed by atoms with van der Waals surface area (Å²) in [6.45, 7) is 0.0875. The van der Waals surface area contributed by atoms with Crippen molar-refractivity contribution in [2.24, 2.45) is 5.92 Å². The standard InChI is InChI=1S/C20H25NO4S2/c1-25-16-9-11-17(12-10-16)27(23,24)19(18-8-5-13-26-18)14-21-20(22)15-6-3-2-4-7-15/h5,8-13,15,19H,2-4,6-7,14H2,1H3,(H,21,22). The lowest BCUT2D eigenvalue weighted by molar-refractivity contribution is -0.125. The maximum Gasteiger partial charge on any atom is 0.223 e. The van der Waals surface area contributed by atoms with Crippen molar-refractivity contribution in [1.82, 2.24) is 5.32 Å². The summed E-state index contributed by atoms with van der Waals surface area (Å²) in [6.07, 6.45) is 5.09. The van der Waals surface area contributed by atoms with Crippen LogP contribution in [0, 0.1) is 5.92 Å². The SMILES string of the molecule is COc1ccc(S(=O)(=O)C(CNC(=O)C2CCCCC2)c2cccs2)cc1. The Morgan fingerprint density at radius 3 is 2.48 bits per heavy atom. The molecule has 1 atom stereocenters. The summed E-state index contributed by atoms with van der Waals surface area (Å²) >= 11 is 1.39. The molecule has 3 rings (SSSR count). The molecule has 7 heteroatoms. The molecule has 1 unspecified atom stereocenters. The number of hydrogen-bond donors (Lipinski definition) is 1. The Labute approximate surface area is 164 Å². The minimum absolute atomic E-state index is 0.00595. The van der Waals surface area contributed by atoms with Gasteiger partial charge in [0.15, 0.2) is 9.84 Å². The van der Waals surface area contributed by atoms with E-state index >= 15 is 0 Å². The average Bonchev–Trinajstić information content (AvgIpc) is 3.23. The molecule has 0 saturated heterocycles. The minimum atomic E-state index is -3.64. The Hall–Kier alpha value is -1.86. The Morgan fingerprint density at radius 2 is 1.89 bits per heavy atom. The van der Waals surface area contributed by atoms with E-state index in [0.29, 0.717) is 5.75 Å². The maximum atomic E-state index is 13.2. The zero-order chi connectivity index (χ0) is 19.3. The summed E-state index contributed by atoms with van der Waals surface area (Å²) in [5.74, 6) is 0.583. The minimum Gasteiger partial charge on any atom is -0.497 e. The highest BCUT2D eigenvalue weighted by Crippen LogP contribution is 2.32. The Morgan fingerprint density at radius 1 is 1.19 bits per heavy atom. The molecular formula is C20H25NO4S2. The van der Waals surface area contributed by atoms with Crippen LogP contribution in [0.2, 0.25) is 0 Å². The first-order valence-corrected chi connectivity index (χ1v) is 11.6. The molecular weight excluding hydrogens is 382 g/mol. The summed E-state index contributed by atoms with van der Waals surface area (Å²) in [5.41, 5.74) is 0. The number of thiophene rings is 1. The van der Waals surface area contributed by atoms with Crippen LogP contribution in [-0.2, 0) is 14.6 Å². The Balaban J connectivity index is 1.79. The van der Waals surface area contributed by atoms with Crippen molar-refractivity contribution in [3.63, 3.8) is 0 Å². The fraction of sp³-hybridized carbons (Fsp3) is 0.450. The van der Waals surface area contributed by atoms with Crippen LogP contribution in [0.3, 0.4) is 0 Å². The molecule has 1 N–H and O–H groups in total. The first-order chi connectivity index (χ1) is 13.0. The fourth-order valence-corrected chi connectivity index (χ4v) is 6.25. The highest BCUT2D eigenvalue weighted by atomic mass is 32.2. The number of nitrogens with one attached hydrogen (secondary N) is 1. The van der Waals surface area contributed by atoms with Crippen LogP contribution in [0.5, 0.6) is 5.75 Å². The number of benzene rings is 1. The van der Waals surface area contributed by atoms with E-state index in [1.165, 1.54) is 17.8 Å². The molecule has 1 aromatic carbocycles. The Kier molecular flexibility index (Phi) is 6.55. The van der Waals surface area contributed by atoms with Gasteiger partial charge in [-0.05, 0) is 48.6 Å². The van der Waals surface area contributed by atoms with Gasteiger partial charge in [0.05, 0.1) is 12.0 Å². The number of rotatable bonds is 7. The second-order valence-electron chi connectivity index (χ2n) is 6.80. The molecule has 1 fully saturated rings. The Bertz CT molecular complexity index is 839. The normalized spacial score (nSPS) is 16.6. The van der Waals surface area contributed by atoms with Crippen molar-refractivity contribution in [3.8, 4) is 5.75 Å². The zero-order valence-electron chi connectivity index (χ0n) is 15.4. The van der Waals surface area contributed by atoms with Crippen LogP contribution in [-0.4, -0.2) is 28.0 Å². The summed E-state index contributed by atoms with van der Waals surface area (Å²) in [7, 11) is -2.09. The van der Waals surface area contributed by atoms with Gasteiger partial charge in [0, 0.05) is 17.3 Å². The lowest BCUT2D eigenvalue weighted by Gasteiger charge is -2.23. The highest BCUT2D eigenvalue weighted by Gasteiger charge is 2.31. The molecule has 1 aliphatic carbocycles. The third kappa shape index (κ3) is 4.71. The van der Waals surface area contributed by atoms with Crippen LogP contribution in [0.25, 0.3) is 0 Å². The van der Waals surface area contributed by atoms with Crippen molar-refractivity contribution in [2.75, 3.05) is 13.7 Å². The van der Waals surface area contributed by atoms with E-state index in [9.17, 15) is 13.2 Å². The van der Waals surface area contributed by atoms with Gasteiger partial charge in [-0.3, -0.25) is 4.79 Å². The van der Waals surface area contributed by atoms with Crippen molar-refractivity contribution < 1.29 is 17.9 Å². The molecule has 27 heavy (non-hydrogen) atoms. The molecule has 146 valence electrons. The quantitative estimate of drug-likeness (QED) is 0.754. The number of sulfone groups is 1. The number of carbonyl (C=O) groups is 1. The van der Waals surface area contributed by atoms with Gasteiger partial charge in [0.1, 0.15) is 11.0 Å². The van der Waals surface area contributed by atoms with Gasteiger partial charge < -0.3 is 10.1 Å². The van der Waals surface area contributed by atoms with E-state index in [1.807, 2.05) is 17.5 Å². The van der Waals surface area contributed by atoms with Crippen LogP contribution in [0.15, 0.2) is 46.7 Å². The van der Waals surface area contributed by atoms with E-state index in [1.54, 1.807) is 31.4 Å². The number of ether oxygens (including phenoxy) is 1. The smallest absolute Gasteiger partial charge is 0.223 e. The van der Waals surface area contributed by atoms with Crippen molar-refractivity contribution in [3.05, 3.63) is 46.7 Å². The molecule has 0 bridgehead atoms. The number of amides is 1. The summed E-state index contributed by atoms with van der Waals surface area (Å²) < 4.78 is 31.6. The second kappa shape index (κ2) is 8.89. The maximum absolute atomic E-state index is 13.2. The highest BCUT2D eigenvalue weighted by molar-refractivity contribution is 7.91.